The molecule has 7 heteroatoms. The van der Waals surface area contributed by atoms with E-state index in [1.807, 2.05) is 29.0 Å². The molecular weight excluding hydrogens is 340 g/mol. The van der Waals surface area contributed by atoms with Gasteiger partial charge in [-0.1, -0.05) is 24.3 Å². The van der Waals surface area contributed by atoms with Gasteiger partial charge >= 0.3 is 6.03 Å². The highest BCUT2D eigenvalue weighted by molar-refractivity contribution is 5.85. The van der Waals surface area contributed by atoms with Crippen molar-refractivity contribution in [3.63, 3.8) is 0 Å². The first-order valence-electron chi connectivity index (χ1n) is 8.71. The average Bonchev–Trinajstić information content (AvgIpc) is 3.15. The molecule has 6 nitrogen and oxygen atoms in total. The molecule has 2 aliphatic heterocycles. The average molecular weight is 367 g/mol. The lowest BCUT2D eigenvalue weighted by molar-refractivity contribution is -0.131. The largest absolute Gasteiger partial charge is 0.341 e. The third-order valence-electron chi connectivity index (χ3n) is 5.01. The van der Waals surface area contributed by atoms with Crippen LogP contribution in [0.15, 0.2) is 24.3 Å². The lowest BCUT2D eigenvalue weighted by Crippen LogP contribution is -2.44. The molecule has 138 valence electrons. The van der Waals surface area contributed by atoms with E-state index in [0.29, 0.717) is 19.5 Å². The maximum absolute atomic E-state index is 12.3. The topological polar surface area (TPSA) is 64.7 Å². The summed E-state index contributed by atoms with van der Waals surface area (Å²) in [5.41, 5.74) is 2.53. The highest BCUT2D eigenvalue weighted by Gasteiger charge is 2.23. The Morgan fingerprint density at radius 2 is 2.08 bits per heavy atom. The van der Waals surface area contributed by atoms with E-state index in [4.69, 9.17) is 0 Å². The number of amides is 3. The van der Waals surface area contributed by atoms with Crippen molar-refractivity contribution in [2.45, 2.75) is 31.8 Å². The number of urea groups is 1. The molecule has 0 aromatic heterocycles. The normalized spacial score (nSPS) is 18.9. The van der Waals surface area contributed by atoms with E-state index in [1.165, 1.54) is 11.1 Å². The van der Waals surface area contributed by atoms with Crippen molar-refractivity contribution in [3.05, 3.63) is 35.4 Å². The molecule has 0 spiro atoms. The molecule has 1 aromatic carbocycles. The third kappa shape index (κ3) is 4.86. The lowest BCUT2D eigenvalue weighted by atomic mass is 10.0. The molecule has 1 atom stereocenters. The van der Waals surface area contributed by atoms with Gasteiger partial charge in [0.1, 0.15) is 0 Å². The van der Waals surface area contributed by atoms with Gasteiger partial charge in [0.05, 0.1) is 0 Å². The first kappa shape index (κ1) is 19.5. The second-order valence-corrected chi connectivity index (χ2v) is 6.57. The summed E-state index contributed by atoms with van der Waals surface area (Å²) in [7, 11) is 1.85. The zero-order valence-electron chi connectivity index (χ0n) is 14.7. The van der Waals surface area contributed by atoms with Crippen molar-refractivity contribution in [2.75, 3.05) is 33.2 Å². The molecule has 2 heterocycles. The summed E-state index contributed by atoms with van der Waals surface area (Å²) in [4.78, 5) is 28.1. The van der Waals surface area contributed by atoms with Crippen LogP contribution in [-0.4, -0.2) is 61.0 Å². The monoisotopic (exact) mass is 366 g/mol. The Bertz CT molecular complexity index is 604. The van der Waals surface area contributed by atoms with Crippen LogP contribution in [0.1, 0.15) is 24.0 Å². The Labute approximate surface area is 155 Å². The van der Waals surface area contributed by atoms with Crippen molar-refractivity contribution in [3.8, 4) is 0 Å². The molecule has 1 saturated heterocycles. The molecule has 0 bridgehead atoms. The number of fused-ring (bicyclic) bond motifs is 1. The summed E-state index contributed by atoms with van der Waals surface area (Å²) >= 11 is 0. The second-order valence-electron chi connectivity index (χ2n) is 6.57. The van der Waals surface area contributed by atoms with E-state index in [1.54, 1.807) is 0 Å². The molecular formula is C18H27ClN4O2. The second kappa shape index (κ2) is 9.06. The summed E-state index contributed by atoms with van der Waals surface area (Å²) in [6.45, 7) is 3.59. The highest BCUT2D eigenvalue weighted by Crippen LogP contribution is 2.18. The Balaban J connectivity index is 0.00000225. The summed E-state index contributed by atoms with van der Waals surface area (Å²) < 4.78 is 0. The molecule has 2 aliphatic rings. The maximum atomic E-state index is 12.3. The van der Waals surface area contributed by atoms with Crippen LogP contribution in [-0.2, 0) is 17.8 Å². The standard InChI is InChI=1S/C18H26N4O2.ClH/c1-21(16-6-9-19-12-16)17(23)7-10-20-18(24)22-11-8-14-4-2-3-5-15(14)13-22;/h2-5,16,19H,6-13H2,1H3,(H,20,24);1H. The molecule has 1 fully saturated rings. The predicted molar refractivity (Wildman–Crippen MR) is 99.9 cm³/mol. The Morgan fingerprint density at radius 1 is 1.32 bits per heavy atom. The number of hydrogen-bond donors (Lipinski definition) is 2. The molecule has 1 aromatic rings. The van der Waals surface area contributed by atoms with Gasteiger partial charge in [-0.2, -0.15) is 0 Å². The zero-order chi connectivity index (χ0) is 16.9. The number of hydrogen-bond acceptors (Lipinski definition) is 3. The van der Waals surface area contributed by atoms with E-state index in [0.717, 1.165) is 32.5 Å². The smallest absolute Gasteiger partial charge is 0.317 e. The van der Waals surface area contributed by atoms with Gasteiger partial charge in [0.25, 0.3) is 0 Å². The summed E-state index contributed by atoms with van der Waals surface area (Å²) in [5.74, 6) is 0.0907. The third-order valence-corrected chi connectivity index (χ3v) is 5.01. The Hall–Kier alpha value is -1.79. The van der Waals surface area contributed by atoms with Crippen molar-refractivity contribution < 1.29 is 9.59 Å². The van der Waals surface area contributed by atoms with Crippen molar-refractivity contribution >= 4 is 24.3 Å². The van der Waals surface area contributed by atoms with Crippen LogP contribution >= 0.6 is 12.4 Å². The number of likely N-dealkylation sites (N-methyl/N-ethyl adjacent to an activating group) is 1. The number of nitrogens with one attached hydrogen (secondary N) is 2. The van der Waals surface area contributed by atoms with Crippen LogP contribution in [0.5, 0.6) is 0 Å². The fourth-order valence-electron chi connectivity index (χ4n) is 3.41. The van der Waals surface area contributed by atoms with Gasteiger partial charge in [-0.15, -0.1) is 12.4 Å². The van der Waals surface area contributed by atoms with Crippen LogP contribution in [0, 0.1) is 0 Å². The number of carbonyl (C=O) groups is 2. The van der Waals surface area contributed by atoms with Crippen molar-refractivity contribution in [1.29, 1.82) is 0 Å². The minimum Gasteiger partial charge on any atom is -0.341 e. The molecule has 1 unspecified atom stereocenters. The van der Waals surface area contributed by atoms with Gasteiger partial charge in [0.15, 0.2) is 0 Å². The highest BCUT2D eigenvalue weighted by atomic mass is 35.5. The van der Waals surface area contributed by atoms with Gasteiger partial charge in [0, 0.05) is 45.7 Å². The van der Waals surface area contributed by atoms with Gasteiger partial charge in [0.2, 0.25) is 5.91 Å². The Kier molecular flexibility index (Phi) is 7.08. The number of benzene rings is 1. The van der Waals surface area contributed by atoms with Gasteiger partial charge < -0.3 is 20.4 Å². The predicted octanol–water partition coefficient (Wildman–Crippen LogP) is 1.39. The number of nitrogens with zero attached hydrogens (tertiary/aromatic N) is 2. The van der Waals surface area contributed by atoms with Crippen molar-refractivity contribution in [2.24, 2.45) is 0 Å². The quantitative estimate of drug-likeness (QED) is 0.846. The first-order valence-corrected chi connectivity index (χ1v) is 8.71. The fourth-order valence-corrected chi connectivity index (χ4v) is 3.41. The van der Waals surface area contributed by atoms with Gasteiger partial charge in [-0.25, -0.2) is 4.79 Å². The maximum Gasteiger partial charge on any atom is 0.317 e. The van der Waals surface area contributed by atoms with E-state index >= 15 is 0 Å². The van der Waals surface area contributed by atoms with Crippen LogP contribution in [0.4, 0.5) is 4.79 Å². The summed E-state index contributed by atoms with van der Waals surface area (Å²) in [6.07, 6.45) is 2.24. The summed E-state index contributed by atoms with van der Waals surface area (Å²) in [6, 6.07) is 8.44. The molecule has 3 rings (SSSR count). The SMILES string of the molecule is CN(C(=O)CCNC(=O)N1CCc2ccccc2C1)C1CCNC1.Cl. The number of halogens is 1. The van der Waals surface area contributed by atoms with Crippen LogP contribution in [0.2, 0.25) is 0 Å². The molecule has 3 amide bonds. The van der Waals surface area contributed by atoms with Crippen molar-refractivity contribution in [1.82, 2.24) is 20.4 Å². The minimum absolute atomic E-state index is 0. The van der Waals surface area contributed by atoms with Gasteiger partial charge in [-0.3, -0.25) is 4.79 Å². The number of carbonyl (C=O) groups excluding carboxylic acids is 2. The van der Waals surface area contributed by atoms with E-state index in [-0.39, 0.29) is 30.4 Å². The van der Waals surface area contributed by atoms with Crippen LogP contribution in [0.25, 0.3) is 0 Å². The van der Waals surface area contributed by atoms with Crippen LogP contribution in [0.3, 0.4) is 0 Å². The molecule has 0 aliphatic carbocycles. The molecule has 25 heavy (non-hydrogen) atoms. The fraction of sp³-hybridized carbons (Fsp3) is 0.556. The Morgan fingerprint density at radius 3 is 2.80 bits per heavy atom. The minimum atomic E-state index is -0.0810. The lowest BCUT2D eigenvalue weighted by Gasteiger charge is -2.29. The van der Waals surface area contributed by atoms with Crippen LogP contribution < -0.4 is 10.6 Å². The van der Waals surface area contributed by atoms with Gasteiger partial charge in [-0.05, 0) is 30.5 Å². The molecule has 0 radical (unpaired) electrons. The number of rotatable bonds is 4. The van der Waals surface area contributed by atoms with E-state index < -0.39 is 0 Å². The summed E-state index contributed by atoms with van der Waals surface area (Å²) in [5, 5.41) is 6.15. The first-order chi connectivity index (χ1) is 11.6. The molecule has 0 saturated carbocycles. The zero-order valence-corrected chi connectivity index (χ0v) is 15.5. The van der Waals surface area contributed by atoms with E-state index in [2.05, 4.69) is 22.8 Å². The molecule has 2 N–H and O–H groups in total. The van der Waals surface area contributed by atoms with E-state index in [9.17, 15) is 9.59 Å².